The van der Waals surface area contributed by atoms with E-state index < -0.39 is 0 Å². The van der Waals surface area contributed by atoms with Crippen LogP contribution >= 0.6 is 0 Å². The number of hydrogen-bond donors (Lipinski definition) is 0. The van der Waals surface area contributed by atoms with E-state index in [1.165, 1.54) is 31.5 Å². The Balaban J connectivity index is 1.09. The van der Waals surface area contributed by atoms with E-state index in [0.29, 0.717) is 18.9 Å². The molecule has 5 rings (SSSR count). The van der Waals surface area contributed by atoms with Crippen molar-refractivity contribution < 1.29 is 14.3 Å². The third-order valence-electron chi connectivity index (χ3n) is 7.62. The number of nitrogens with zero attached hydrogens (tertiary/aromatic N) is 4. The van der Waals surface area contributed by atoms with Crippen molar-refractivity contribution in [3.05, 3.63) is 23.8 Å². The first kappa shape index (κ1) is 21.0. The molecular weight excluding hydrogens is 392 g/mol. The lowest BCUT2D eigenvalue weighted by molar-refractivity contribution is -0.130. The summed E-state index contributed by atoms with van der Waals surface area (Å²) < 4.78 is 11.0. The molecule has 170 valence electrons. The minimum Gasteiger partial charge on any atom is -0.454 e. The third kappa shape index (κ3) is 4.83. The highest BCUT2D eigenvalue weighted by atomic mass is 16.7. The SMILES string of the molecule is CC(=O)N1CCC(N2CCCC(N3CCN(Cc4ccc5c(c4)OCO5)CC3)C2)CC1. The molecular formula is C24H36N4O3. The molecule has 0 N–H and O–H groups in total. The lowest BCUT2D eigenvalue weighted by Crippen LogP contribution is -2.57. The van der Waals surface area contributed by atoms with Gasteiger partial charge in [0.15, 0.2) is 11.5 Å². The molecule has 0 aliphatic carbocycles. The smallest absolute Gasteiger partial charge is 0.231 e. The predicted molar refractivity (Wildman–Crippen MR) is 119 cm³/mol. The summed E-state index contributed by atoms with van der Waals surface area (Å²) in [5, 5.41) is 0. The molecule has 1 atom stereocenters. The maximum Gasteiger partial charge on any atom is 0.231 e. The summed E-state index contributed by atoms with van der Waals surface area (Å²) in [6.45, 7) is 11.9. The van der Waals surface area contributed by atoms with Crippen molar-refractivity contribution in [2.75, 3.05) is 59.2 Å². The summed E-state index contributed by atoms with van der Waals surface area (Å²) in [4.78, 5) is 21.7. The molecule has 3 fully saturated rings. The van der Waals surface area contributed by atoms with Crippen LogP contribution in [0.5, 0.6) is 11.5 Å². The molecule has 4 heterocycles. The van der Waals surface area contributed by atoms with Gasteiger partial charge in [-0.2, -0.15) is 0 Å². The number of amides is 1. The number of carbonyl (C=O) groups is 1. The molecule has 7 heteroatoms. The monoisotopic (exact) mass is 428 g/mol. The lowest BCUT2D eigenvalue weighted by Gasteiger charge is -2.46. The summed E-state index contributed by atoms with van der Waals surface area (Å²) in [5.74, 6) is 1.98. The van der Waals surface area contributed by atoms with Gasteiger partial charge in [-0.1, -0.05) is 6.07 Å². The quantitative estimate of drug-likeness (QED) is 0.731. The van der Waals surface area contributed by atoms with Gasteiger partial charge in [-0.3, -0.25) is 19.5 Å². The van der Waals surface area contributed by atoms with Gasteiger partial charge in [0, 0.05) is 71.4 Å². The Bertz CT molecular complexity index is 772. The van der Waals surface area contributed by atoms with Crippen LogP contribution in [0.1, 0.15) is 38.2 Å². The fourth-order valence-electron chi connectivity index (χ4n) is 5.74. The van der Waals surface area contributed by atoms with E-state index in [0.717, 1.165) is 70.2 Å². The standard InChI is InChI=1S/C24H36N4O3/c1-19(29)26-9-6-21(7-10-26)28-8-2-3-22(17-28)27-13-11-25(12-14-27)16-20-4-5-23-24(15-20)31-18-30-23/h4-5,15,21-22H,2-3,6-14,16-18H2,1H3. The lowest BCUT2D eigenvalue weighted by atomic mass is 9.96. The van der Waals surface area contributed by atoms with E-state index in [1.54, 1.807) is 6.92 Å². The summed E-state index contributed by atoms with van der Waals surface area (Å²) in [6.07, 6.45) is 4.89. The maximum absolute atomic E-state index is 11.6. The van der Waals surface area contributed by atoms with Gasteiger partial charge >= 0.3 is 0 Å². The molecule has 1 amide bonds. The fourth-order valence-corrected chi connectivity index (χ4v) is 5.74. The molecule has 31 heavy (non-hydrogen) atoms. The van der Waals surface area contributed by atoms with Crippen molar-refractivity contribution in [1.29, 1.82) is 0 Å². The van der Waals surface area contributed by atoms with Gasteiger partial charge in [0.05, 0.1) is 0 Å². The van der Waals surface area contributed by atoms with E-state index in [9.17, 15) is 4.79 Å². The molecule has 1 aromatic rings. The zero-order chi connectivity index (χ0) is 21.2. The second-order valence-electron chi connectivity index (χ2n) is 9.53. The maximum atomic E-state index is 11.6. The number of benzene rings is 1. The van der Waals surface area contributed by atoms with Gasteiger partial charge in [0.1, 0.15) is 0 Å². The Morgan fingerprint density at radius 2 is 1.68 bits per heavy atom. The van der Waals surface area contributed by atoms with Crippen molar-refractivity contribution >= 4 is 5.91 Å². The first-order chi connectivity index (χ1) is 15.2. The second kappa shape index (κ2) is 9.35. The number of ether oxygens (including phenoxy) is 2. The zero-order valence-corrected chi connectivity index (χ0v) is 18.8. The van der Waals surface area contributed by atoms with Crippen molar-refractivity contribution in [1.82, 2.24) is 19.6 Å². The first-order valence-electron chi connectivity index (χ1n) is 12.0. The van der Waals surface area contributed by atoms with E-state index in [-0.39, 0.29) is 5.91 Å². The van der Waals surface area contributed by atoms with Crippen LogP contribution in [-0.2, 0) is 11.3 Å². The molecule has 0 radical (unpaired) electrons. The number of carbonyl (C=O) groups excluding carboxylic acids is 1. The summed E-state index contributed by atoms with van der Waals surface area (Å²) in [6, 6.07) is 7.67. The number of fused-ring (bicyclic) bond motifs is 1. The van der Waals surface area contributed by atoms with Crippen LogP contribution in [0.2, 0.25) is 0 Å². The predicted octanol–water partition coefficient (Wildman–Crippen LogP) is 2.01. The Kier molecular flexibility index (Phi) is 6.34. The fraction of sp³-hybridized carbons (Fsp3) is 0.708. The molecule has 7 nitrogen and oxygen atoms in total. The molecule has 4 aliphatic heterocycles. The van der Waals surface area contributed by atoms with Crippen LogP contribution in [0.15, 0.2) is 18.2 Å². The number of likely N-dealkylation sites (tertiary alicyclic amines) is 2. The molecule has 0 aromatic heterocycles. The van der Waals surface area contributed by atoms with E-state index in [1.807, 2.05) is 11.0 Å². The van der Waals surface area contributed by atoms with Crippen LogP contribution in [0.4, 0.5) is 0 Å². The van der Waals surface area contributed by atoms with Crippen LogP contribution in [0, 0.1) is 0 Å². The van der Waals surface area contributed by atoms with Crippen molar-refractivity contribution in [2.45, 2.75) is 51.2 Å². The Labute approximate surface area is 185 Å². The number of piperazine rings is 1. The van der Waals surface area contributed by atoms with Gasteiger partial charge in [0.2, 0.25) is 12.7 Å². The van der Waals surface area contributed by atoms with Crippen LogP contribution in [0.3, 0.4) is 0 Å². The first-order valence-corrected chi connectivity index (χ1v) is 12.0. The minimum atomic E-state index is 0.230. The minimum absolute atomic E-state index is 0.230. The van der Waals surface area contributed by atoms with Crippen molar-refractivity contribution in [3.63, 3.8) is 0 Å². The molecule has 1 aromatic carbocycles. The van der Waals surface area contributed by atoms with Crippen molar-refractivity contribution in [3.8, 4) is 11.5 Å². The highest BCUT2D eigenvalue weighted by molar-refractivity contribution is 5.73. The van der Waals surface area contributed by atoms with Crippen molar-refractivity contribution in [2.24, 2.45) is 0 Å². The zero-order valence-electron chi connectivity index (χ0n) is 18.8. The van der Waals surface area contributed by atoms with Crippen LogP contribution in [0.25, 0.3) is 0 Å². The van der Waals surface area contributed by atoms with Gasteiger partial charge < -0.3 is 14.4 Å². The molecule has 3 saturated heterocycles. The van der Waals surface area contributed by atoms with Gasteiger partial charge in [-0.25, -0.2) is 0 Å². The molecule has 0 spiro atoms. The van der Waals surface area contributed by atoms with Crippen LogP contribution in [-0.4, -0.2) is 96.7 Å². The molecule has 1 unspecified atom stereocenters. The molecule has 4 aliphatic rings. The molecule has 0 saturated carbocycles. The summed E-state index contributed by atoms with van der Waals surface area (Å²) >= 11 is 0. The highest BCUT2D eigenvalue weighted by Gasteiger charge is 2.32. The van der Waals surface area contributed by atoms with Gasteiger partial charge in [-0.15, -0.1) is 0 Å². The normalized spacial score (nSPS) is 26.4. The highest BCUT2D eigenvalue weighted by Crippen LogP contribution is 2.33. The van der Waals surface area contributed by atoms with Gasteiger partial charge in [0.25, 0.3) is 0 Å². The topological polar surface area (TPSA) is 48.5 Å². The van der Waals surface area contributed by atoms with E-state index in [4.69, 9.17) is 9.47 Å². The average Bonchev–Trinajstić information content (AvgIpc) is 3.28. The Morgan fingerprint density at radius 1 is 0.903 bits per heavy atom. The van der Waals surface area contributed by atoms with E-state index in [2.05, 4.69) is 26.8 Å². The van der Waals surface area contributed by atoms with Crippen LogP contribution < -0.4 is 9.47 Å². The Hall–Kier alpha value is -1.83. The number of piperidine rings is 2. The average molecular weight is 429 g/mol. The molecule has 0 bridgehead atoms. The van der Waals surface area contributed by atoms with E-state index >= 15 is 0 Å². The second-order valence-corrected chi connectivity index (χ2v) is 9.53. The number of rotatable bonds is 4. The Morgan fingerprint density at radius 3 is 2.45 bits per heavy atom. The third-order valence-corrected chi connectivity index (χ3v) is 7.62. The number of hydrogen-bond acceptors (Lipinski definition) is 6. The summed E-state index contributed by atoms with van der Waals surface area (Å²) in [7, 11) is 0. The summed E-state index contributed by atoms with van der Waals surface area (Å²) in [5.41, 5.74) is 1.30. The van der Waals surface area contributed by atoms with Gasteiger partial charge in [-0.05, 0) is 49.9 Å². The largest absolute Gasteiger partial charge is 0.454 e.